The van der Waals surface area contributed by atoms with Crippen LogP contribution in [0.15, 0.2) is 42.6 Å². The summed E-state index contributed by atoms with van der Waals surface area (Å²) in [7, 11) is 1.66. The first-order valence-corrected chi connectivity index (χ1v) is 6.45. The third-order valence-corrected chi connectivity index (χ3v) is 3.15. The quantitative estimate of drug-likeness (QED) is 0.905. The molecule has 2 aromatic rings. The number of hydrogen-bond acceptors (Lipinski definition) is 4. The smallest absolute Gasteiger partial charge is 0.140 e. The Balaban J connectivity index is 2.00. The van der Waals surface area contributed by atoms with Crippen molar-refractivity contribution < 1.29 is 4.74 Å². The van der Waals surface area contributed by atoms with E-state index in [-0.39, 0.29) is 6.04 Å². The van der Waals surface area contributed by atoms with E-state index in [0.717, 1.165) is 11.3 Å². The number of ether oxygens (including phenoxy) is 1. The molecule has 4 nitrogen and oxygen atoms in total. The van der Waals surface area contributed by atoms with Crippen LogP contribution in [0, 0.1) is 11.3 Å². The van der Waals surface area contributed by atoms with E-state index in [4.69, 9.17) is 10.00 Å². The van der Waals surface area contributed by atoms with E-state index in [1.54, 1.807) is 19.4 Å². The summed E-state index contributed by atoms with van der Waals surface area (Å²) in [4.78, 5) is 3.96. The zero-order valence-corrected chi connectivity index (χ0v) is 11.6. The lowest BCUT2D eigenvalue weighted by molar-refractivity contribution is 0.413. The first-order chi connectivity index (χ1) is 9.72. The van der Waals surface area contributed by atoms with Gasteiger partial charge in [-0.2, -0.15) is 5.26 Å². The second-order valence-corrected chi connectivity index (χ2v) is 4.54. The van der Waals surface area contributed by atoms with Gasteiger partial charge in [0, 0.05) is 18.8 Å². The van der Waals surface area contributed by atoms with Gasteiger partial charge >= 0.3 is 0 Å². The van der Waals surface area contributed by atoms with Gasteiger partial charge in [0.25, 0.3) is 0 Å². The molecule has 0 radical (unpaired) electrons. The molecule has 1 aromatic carbocycles. The van der Waals surface area contributed by atoms with Crippen molar-refractivity contribution in [1.29, 1.82) is 5.26 Å². The Morgan fingerprint density at radius 1 is 1.35 bits per heavy atom. The van der Waals surface area contributed by atoms with Crippen molar-refractivity contribution in [2.45, 2.75) is 19.5 Å². The van der Waals surface area contributed by atoms with E-state index in [2.05, 4.69) is 23.3 Å². The number of aromatic nitrogens is 1. The maximum Gasteiger partial charge on any atom is 0.140 e. The average molecular weight is 267 g/mol. The number of nitrogens with zero attached hydrogens (tertiary/aromatic N) is 2. The van der Waals surface area contributed by atoms with Crippen molar-refractivity contribution in [2.24, 2.45) is 0 Å². The van der Waals surface area contributed by atoms with Gasteiger partial charge in [-0.15, -0.1) is 0 Å². The van der Waals surface area contributed by atoms with Crippen molar-refractivity contribution in [3.63, 3.8) is 0 Å². The minimum Gasteiger partial charge on any atom is -0.497 e. The molecule has 0 fully saturated rings. The van der Waals surface area contributed by atoms with Crippen molar-refractivity contribution in [1.82, 2.24) is 10.3 Å². The highest BCUT2D eigenvalue weighted by molar-refractivity contribution is 5.30. The molecular weight excluding hydrogens is 250 g/mol. The predicted octanol–water partition coefficient (Wildman–Crippen LogP) is 2.81. The third kappa shape index (κ3) is 3.56. The molecule has 102 valence electrons. The third-order valence-electron chi connectivity index (χ3n) is 3.15. The minimum atomic E-state index is 0.198. The standard InChI is InChI=1S/C16H17N3O/c1-12(14-4-3-5-16(9-14)20-2)19-11-13-6-7-18-15(8-13)10-17/h3-9,12,19H,11H2,1-2H3/t12-/m1/s1. The van der Waals surface area contributed by atoms with Crippen LogP contribution >= 0.6 is 0 Å². The van der Waals surface area contributed by atoms with Gasteiger partial charge in [-0.3, -0.25) is 0 Å². The maximum atomic E-state index is 8.83. The van der Waals surface area contributed by atoms with Gasteiger partial charge in [0.15, 0.2) is 0 Å². The summed E-state index contributed by atoms with van der Waals surface area (Å²) >= 11 is 0. The molecule has 0 aliphatic carbocycles. The molecule has 2 rings (SSSR count). The number of rotatable bonds is 5. The summed E-state index contributed by atoms with van der Waals surface area (Å²) in [5, 5.41) is 12.3. The van der Waals surface area contributed by atoms with E-state index in [0.29, 0.717) is 12.2 Å². The van der Waals surface area contributed by atoms with Crippen LogP contribution in [0.1, 0.15) is 29.8 Å². The number of nitrogens with one attached hydrogen (secondary N) is 1. The predicted molar refractivity (Wildman–Crippen MR) is 77.2 cm³/mol. The second-order valence-electron chi connectivity index (χ2n) is 4.54. The fourth-order valence-electron chi connectivity index (χ4n) is 1.95. The topological polar surface area (TPSA) is 57.9 Å². The van der Waals surface area contributed by atoms with E-state index >= 15 is 0 Å². The van der Waals surface area contributed by atoms with Crippen LogP contribution in [-0.4, -0.2) is 12.1 Å². The molecule has 1 heterocycles. The minimum absolute atomic E-state index is 0.198. The Kier molecular flexibility index (Phi) is 4.70. The van der Waals surface area contributed by atoms with E-state index in [1.807, 2.05) is 30.3 Å². The van der Waals surface area contributed by atoms with Gasteiger partial charge in [0.1, 0.15) is 17.5 Å². The van der Waals surface area contributed by atoms with Crippen LogP contribution in [-0.2, 0) is 6.54 Å². The first-order valence-electron chi connectivity index (χ1n) is 6.45. The highest BCUT2D eigenvalue weighted by Gasteiger charge is 2.06. The number of benzene rings is 1. The van der Waals surface area contributed by atoms with E-state index < -0.39 is 0 Å². The van der Waals surface area contributed by atoms with Crippen molar-refractivity contribution in [3.05, 3.63) is 59.4 Å². The largest absolute Gasteiger partial charge is 0.497 e. The summed E-state index contributed by atoms with van der Waals surface area (Å²) < 4.78 is 5.23. The normalized spacial score (nSPS) is 11.7. The van der Waals surface area contributed by atoms with Crippen LogP contribution in [0.2, 0.25) is 0 Å². The number of nitriles is 1. The van der Waals surface area contributed by atoms with Crippen molar-refractivity contribution in [3.8, 4) is 11.8 Å². The van der Waals surface area contributed by atoms with Gasteiger partial charge in [-0.05, 0) is 42.3 Å². The average Bonchev–Trinajstić information content (AvgIpc) is 2.52. The summed E-state index contributed by atoms with van der Waals surface area (Å²) in [5.41, 5.74) is 2.66. The molecule has 0 aliphatic heterocycles. The zero-order valence-electron chi connectivity index (χ0n) is 11.6. The lowest BCUT2D eigenvalue weighted by Crippen LogP contribution is -2.18. The Morgan fingerprint density at radius 2 is 2.20 bits per heavy atom. The van der Waals surface area contributed by atoms with Crippen LogP contribution in [0.3, 0.4) is 0 Å². The van der Waals surface area contributed by atoms with Gasteiger partial charge < -0.3 is 10.1 Å². The van der Waals surface area contributed by atoms with Crippen molar-refractivity contribution in [2.75, 3.05) is 7.11 Å². The van der Waals surface area contributed by atoms with Crippen LogP contribution in [0.5, 0.6) is 5.75 Å². The number of methoxy groups -OCH3 is 1. The fraction of sp³-hybridized carbons (Fsp3) is 0.250. The molecule has 0 amide bonds. The lowest BCUT2D eigenvalue weighted by atomic mass is 10.1. The molecule has 0 saturated carbocycles. The Labute approximate surface area is 119 Å². The molecule has 0 unspecified atom stereocenters. The summed E-state index contributed by atoms with van der Waals surface area (Å²) in [6.07, 6.45) is 1.66. The van der Waals surface area contributed by atoms with Gasteiger partial charge in [0.05, 0.1) is 7.11 Å². The molecule has 1 atom stereocenters. The molecule has 0 saturated heterocycles. The summed E-state index contributed by atoms with van der Waals surface area (Å²) in [5.74, 6) is 0.854. The number of hydrogen-bond donors (Lipinski definition) is 1. The first kappa shape index (κ1) is 14.0. The van der Waals surface area contributed by atoms with Crippen LogP contribution in [0.25, 0.3) is 0 Å². The zero-order chi connectivity index (χ0) is 14.4. The molecule has 4 heteroatoms. The Hall–Kier alpha value is -2.38. The monoisotopic (exact) mass is 267 g/mol. The van der Waals surface area contributed by atoms with Gasteiger partial charge in [0.2, 0.25) is 0 Å². The Bertz CT molecular complexity index is 619. The molecule has 1 N–H and O–H groups in total. The summed E-state index contributed by atoms with van der Waals surface area (Å²) in [6.45, 7) is 2.79. The highest BCUT2D eigenvalue weighted by Crippen LogP contribution is 2.19. The Morgan fingerprint density at radius 3 is 2.95 bits per heavy atom. The van der Waals surface area contributed by atoms with Crippen LogP contribution in [0.4, 0.5) is 0 Å². The highest BCUT2D eigenvalue weighted by atomic mass is 16.5. The molecule has 0 spiro atoms. The van der Waals surface area contributed by atoms with E-state index in [9.17, 15) is 0 Å². The molecule has 20 heavy (non-hydrogen) atoms. The van der Waals surface area contributed by atoms with Crippen LogP contribution < -0.4 is 10.1 Å². The number of pyridine rings is 1. The summed E-state index contributed by atoms with van der Waals surface area (Å²) in [6, 6.07) is 13.9. The SMILES string of the molecule is COc1cccc([C@@H](C)NCc2ccnc(C#N)c2)c1. The fourth-order valence-corrected chi connectivity index (χ4v) is 1.95. The lowest BCUT2D eigenvalue weighted by Gasteiger charge is -2.15. The van der Waals surface area contributed by atoms with Crippen molar-refractivity contribution >= 4 is 0 Å². The molecule has 0 bridgehead atoms. The maximum absolute atomic E-state index is 8.83. The van der Waals surface area contributed by atoms with Gasteiger partial charge in [-0.1, -0.05) is 12.1 Å². The second kappa shape index (κ2) is 6.69. The van der Waals surface area contributed by atoms with Gasteiger partial charge in [-0.25, -0.2) is 4.98 Å². The molecular formula is C16H17N3O. The molecule has 0 aliphatic rings. The molecule has 1 aromatic heterocycles. The van der Waals surface area contributed by atoms with E-state index in [1.165, 1.54) is 5.56 Å².